The fourth-order valence-corrected chi connectivity index (χ4v) is 1.05. The Kier molecular flexibility index (Phi) is 3.33. The van der Waals surface area contributed by atoms with Gasteiger partial charge in [0.15, 0.2) is 23.3 Å². The molecule has 80 valence electrons. The zero-order valence-corrected chi connectivity index (χ0v) is 7.45. The molecule has 0 fully saturated rings. The van der Waals surface area contributed by atoms with E-state index in [1.807, 2.05) is 0 Å². The molecule has 0 heterocycles. The van der Waals surface area contributed by atoms with Crippen molar-refractivity contribution in [1.29, 1.82) is 0 Å². The standard InChI is InChI=1S/C8H4BF5O/c1-2(15-9)3-4(10)6(12)8(14)7(13)5(3)11/h2H,1H3. The van der Waals surface area contributed by atoms with E-state index in [1.165, 1.54) is 0 Å². The quantitative estimate of drug-likeness (QED) is 0.323. The van der Waals surface area contributed by atoms with Crippen molar-refractivity contribution in [3.63, 3.8) is 0 Å². The Bertz CT molecular complexity index is 366. The van der Waals surface area contributed by atoms with Crippen molar-refractivity contribution < 1.29 is 26.6 Å². The van der Waals surface area contributed by atoms with Crippen LogP contribution < -0.4 is 0 Å². The number of hydrogen-bond donors (Lipinski definition) is 0. The lowest BCUT2D eigenvalue weighted by Gasteiger charge is -2.13. The summed E-state index contributed by atoms with van der Waals surface area (Å²) in [5.74, 6) is -10.1. The fourth-order valence-electron chi connectivity index (χ4n) is 1.05. The highest BCUT2D eigenvalue weighted by Gasteiger charge is 2.28. The Hall–Kier alpha value is -1.11. The second-order valence-corrected chi connectivity index (χ2v) is 2.76. The molecule has 1 nitrogen and oxygen atoms in total. The third kappa shape index (κ3) is 1.83. The molecule has 15 heavy (non-hydrogen) atoms. The Labute approximate surface area is 83.3 Å². The van der Waals surface area contributed by atoms with Gasteiger partial charge in [-0.05, 0) is 6.92 Å². The average Bonchev–Trinajstić information content (AvgIpc) is 2.23. The summed E-state index contributed by atoms with van der Waals surface area (Å²) in [6.07, 6.45) is -1.44. The predicted octanol–water partition coefficient (Wildman–Crippen LogP) is 2.54. The molecular formula is C8H4BF5O. The Balaban J connectivity index is 3.52. The van der Waals surface area contributed by atoms with Gasteiger partial charge in [-0.3, -0.25) is 0 Å². The predicted molar refractivity (Wildman–Crippen MR) is 41.5 cm³/mol. The van der Waals surface area contributed by atoms with Crippen LogP contribution in [0.2, 0.25) is 0 Å². The molecule has 7 heteroatoms. The monoisotopic (exact) mass is 222 g/mol. The van der Waals surface area contributed by atoms with Gasteiger partial charge in [-0.2, -0.15) is 0 Å². The van der Waals surface area contributed by atoms with Crippen LogP contribution in [0.1, 0.15) is 18.6 Å². The first-order valence-electron chi connectivity index (χ1n) is 3.78. The van der Waals surface area contributed by atoms with Gasteiger partial charge in [0, 0.05) is 0 Å². The molecule has 0 aliphatic rings. The summed E-state index contributed by atoms with van der Waals surface area (Å²) in [7, 11) is 4.61. The third-order valence-corrected chi connectivity index (χ3v) is 1.85. The number of rotatable bonds is 2. The summed E-state index contributed by atoms with van der Waals surface area (Å²) in [4.78, 5) is 0. The molecule has 0 aromatic heterocycles. The van der Waals surface area contributed by atoms with Gasteiger partial charge in [-0.1, -0.05) is 0 Å². The second kappa shape index (κ2) is 4.18. The van der Waals surface area contributed by atoms with Gasteiger partial charge < -0.3 is 4.65 Å². The maximum atomic E-state index is 13.0. The highest BCUT2D eigenvalue weighted by molar-refractivity contribution is 5.98. The molecule has 0 spiro atoms. The van der Waals surface area contributed by atoms with Gasteiger partial charge >= 0.3 is 0 Å². The van der Waals surface area contributed by atoms with Crippen LogP contribution in [0.3, 0.4) is 0 Å². The molecular weight excluding hydrogens is 218 g/mol. The third-order valence-electron chi connectivity index (χ3n) is 1.85. The lowest BCUT2D eigenvalue weighted by atomic mass is 10.1. The maximum absolute atomic E-state index is 13.0. The van der Waals surface area contributed by atoms with Gasteiger partial charge in [0.25, 0.3) is 8.05 Å². The molecule has 0 saturated heterocycles. The minimum atomic E-state index is -2.21. The van der Waals surface area contributed by atoms with E-state index in [4.69, 9.17) is 0 Å². The summed E-state index contributed by atoms with van der Waals surface area (Å²) in [6, 6.07) is 0. The average molecular weight is 222 g/mol. The Morgan fingerprint density at radius 2 is 1.20 bits per heavy atom. The normalized spacial score (nSPS) is 12.9. The summed E-state index contributed by atoms with van der Waals surface area (Å²) in [5.41, 5.74) is -1.09. The van der Waals surface area contributed by atoms with Gasteiger partial charge in [0.1, 0.15) is 0 Å². The zero-order chi connectivity index (χ0) is 11.7. The molecule has 1 aromatic carbocycles. The largest absolute Gasteiger partial charge is 0.441 e. The van der Waals surface area contributed by atoms with E-state index in [2.05, 4.69) is 12.7 Å². The van der Waals surface area contributed by atoms with Crippen molar-refractivity contribution in [3.05, 3.63) is 34.6 Å². The van der Waals surface area contributed by atoms with Crippen molar-refractivity contribution in [2.75, 3.05) is 0 Å². The molecule has 1 unspecified atom stereocenters. The smallest absolute Gasteiger partial charge is 0.283 e. The number of benzene rings is 1. The summed E-state index contributed by atoms with van der Waals surface area (Å²) < 4.78 is 67.8. The first-order valence-corrected chi connectivity index (χ1v) is 3.78. The fraction of sp³-hybridized carbons (Fsp3) is 0.250. The lowest BCUT2D eigenvalue weighted by molar-refractivity contribution is 0.228. The van der Waals surface area contributed by atoms with Gasteiger partial charge in [-0.15, -0.1) is 0 Å². The molecule has 1 rings (SSSR count). The lowest BCUT2D eigenvalue weighted by Crippen LogP contribution is -2.11. The van der Waals surface area contributed by atoms with Crippen molar-refractivity contribution >= 4 is 8.05 Å². The van der Waals surface area contributed by atoms with Crippen LogP contribution in [0.5, 0.6) is 0 Å². The van der Waals surface area contributed by atoms with Crippen molar-refractivity contribution in [2.24, 2.45) is 0 Å². The topological polar surface area (TPSA) is 9.23 Å². The van der Waals surface area contributed by atoms with Crippen LogP contribution in [-0.4, -0.2) is 8.05 Å². The van der Waals surface area contributed by atoms with Crippen LogP contribution in [-0.2, 0) is 4.65 Å². The van der Waals surface area contributed by atoms with E-state index in [0.717, 1.165) is 6.92 Å². The molecule has 0 aliphatic carbocycles. The van der Waals surface area contributed by atoms with Gasteiger partial charge in [0.05, 0.1) is 11.7 Å². The molecule has 0 aliphatic heterocycles. The van der Waals surface area contributed by atoms with E-state index in [1.54, 1.807) is 0 Å². The minimum absolute atomic E-state index is 1.05. The summed E-state index contributed by atoms with van der Waals surface area (Å²) >= 11 is 0. The van der Waals surface area contributed by atoms with Crippen LogP contribution >= 0.6 is 0 Å². The van der Waals surface area contributed by atoms with Crippen LogP contribution in [0.15, 0.2) is 0 Å². The van der Waals surface area contributed by atoms with Crippen LogP contribution in [0.25, 0.3) is 0 Å². The molecule has 2 radical (unpaired) electrons. The number of hydrogen-bond acceptors (Lipinski definition) is 1. The van der Waals surface area contributed by atoms with Crippen LogP contribution in [0, 0.1) is 29.1 Å². The van der Waals surface area contributed by atoms with E-state index in [-0.39, 0.29) is 0 Å². The van der Waals surface area contributed by atoms with Crippen LogP contribution in [0.4, 0.5) is 22.0 Å². The molecule has 0 amide bonds. The van der Waals surface area contributed by atoms with Crippen molar-refractivity contribution in [3.8, 4) is 0 Å². The number of halogens is 5. The van der Waals surface area contributed by atoms with E-state index < -0.39 is 40.8 Å². The highest BCUT2D eigenvalue weighted by atomic mass is 19.2. The minimum Gasteiger partial charge on any atom is -0.441 e. The Morgan fingerprint density at radius 1 is 0.867 bits per heavy atom. The van der Waals surface area contributed by atoms with E-state index >= 15 is 0 Å². The molecule has 0 saturated carbocycles. The first kappa shape index (κ1) is 12.0. The summed E-state index contributed by atoms with van der Waals surface area (Å²) in [5, 5.41) is 0. The SMILES string of the molecule is [B]OC(C)c1c(F)c(F)c(F)c(F)c1F. The molecule has 1 atom stereocenters. The van der Waals surface area contributed by atoms with Gasteiger partial charge in [0.2, 0.25) is 5.82 Å². The van der Waals surface area contributed by atoms with E-state index in [9.17, 15) is 22.0 Å². The van der Waals surface area contributed by atoms with E-state index in [0.29, 0.717) is 0 Å². The molecule has 0 bridgehead atoms. The highest BCUT2D eigenvalue weighted by Crippen LogP contribution is 2.28. The second-order valence-electron chi connectivity index (χ2n) is 2.76. The Morgan fingerprint density at radius 3 is 1.53 bits per heavy atom. The molecule has 0 N–H and O–H groups in total. The maximum Gasteiger partial charge on any atom is 0.283 e. The van der Waals surface area contributed by atoms with Gasteiger partial charge in [-0.25, -0.2) is 22.0 Å². The first-order chi connectivity index (χ1) is 6.91. The summed E-state index contributed by atoms with van der Waals surface area (Å²) in [6.45, 7) is 1.05. The molecule has 1 aromatic rings. The van der Waals surface area contributed by atoms with Crippen molar-refractivity contribution in [2.45, 2.75) is 13.0 Å². The van der Waals surface area contributed by atoms with Crippen molar-refractivity contribution in [1.82, 2.24) is 0 Å². The zero-order valence-electron chi connectivity index (χ0n) is 7.45.